The maximum absolute atomic E-state index is 12.2. The lowest BCUT2D eigenvalue weighted by atomic mass is 9.97. The molecular formula is C16H21N3O2S2. The van der Waals surface area contributed by atoms with Gasteiger partial charge < -0.3 is 0 Å². The molecule has 7 heteroatoms. The van der Waals surface area contributed by atoms with Crippen LogP contribution in [0.25, 0.3) is 0 Å². The smallest absolute Gasteiger partial charge is 0.242 e. The van der Waals surface area contributed by atoms with E-state index < -0.39 is 10.0 Å². The van der Waals surface area contributed by atoms with Gasteiger partial charge in [0.2, 0.25) is 10.0 Å². The average Bonchev–Trinajstić information content (AvgIpc) is 3.08. The van der Waals surface area contributed by atoms with Gasteiger partial charge in [0.1, 0.15) is 4.90 Å². The molecule has 0 bridgehead atoms. The van der Waals surface area contributed by atoms with Gasteiger partial charge in [-0.25, -0.2) is 13.1 Å². The van der Waals surface area contributed by atoms with Gasteiger partial charge in [-0.3, -0.25) is 9.88 Å². The third-order valence-electron chi connectivity index (χ3n) is 4.20. The zero-order valence-electron chi connectivity index (χ0n) is 12.9. The third kappa shape index (κ3) is 4.60. The number of rotatable bonds is 6. The minimum atomic E-state index is -3.44. The van der Waals surface area contributed by atoms with E-state index in [-0.39, 0.29) is 4.90 Å². The lowest BCUT2D eigenvalue weighted by Gasteiger charge is -2.31. The maximum Gasteiger partial charge on any atom is 0.242 e. The molecule has 0 amide bonds. The van der Waals surface area contributed by atoms with Crippen molar-refractivity contribution in [2.75, 3.05) is 19.6 Å². The van der Waals surface area contributed by atoms with Gasteiger partial charge in [0.15, 0.2) is 0 Å². The van der Waals surface area contributed by atoms with E-state index >= 15 is 0 Å². The molecule has 1 aliphatic heterocycles. The normalized spacial score (nSPS) is 17.4. The summed E-state index contributed by atoms with van der Waals surface area (Å²) in [5.74, 6) is 0.403. The van der Waals surface area contributed by atoms with Gasteiger partial charge in [-0.2, -0.15) is 11.3 Å². The highest BCUT2D eigenvalue weighted by molar-refractivity contribution is 7.89. The molecule has 3 heterocycles. The molecule has 0 radical (unpaired) electrons. The zero-order valence-corrected chi connectivity index (χ0v) is 14.5. The van der Waals surface area contributed by atoms with Crippen LogP contribution in [0, 0.1) is 5.92 Å². The summed E-state index contributed by atoms with van der Waals surface area (Å²) < 4.78 is 27.1. The highest BCUT2D eigenvalue weighted by Crippen LogP contribution is 2.20. The van der Waals surface area contributed by atoms with Crippen molar-refractivity contribution in [2.24, 2.45) is 5.92 Å². The maximum atomic E-state index is 12.2. The van der Waals surface area contributed by atoms with Crippen molar-refractivity contribution < 1.29 is 8.42 Å². The number of nitrogens with zero attached hydrogens (tertiary/aromatic N) is 2. The fraction of sp³-hybridized carbons (Fsp3) is 0.438. The Morgan fingerprint density at radius 1 is 1.30 bits per heavy atom. The second-order valence-corrected chi connectivity index (χ2v) is 8.44. The van der Waals surface area contributed by atoms with Crippen LogP contribution in [0.15, 0.2) is 46.2 Å². The summed E-state index contributed by atoms with van der Waals surface area (Å²) >= 11 is 1.73. The number of pyridine rings is 1. The molecule has 1 fully saturated rings. The molecule has 5 nitrogen and oxygen atoms in total. The number of thiophene rings is 1. The molecule has 2 aromatic heterocycles. The average molecular weight is 351 g/mol. The fourth-order valence-corrected chi connectivity index (χ4v) is 4.55. The van der Waals surface area contributed by atoms with Crippen LogP contribution in [0.5, 0.6) is 0 Å². The highest BCUT2D eigenvalue weighted by atomic mass is 32.2. The van der Waals surface area contributed by atoms with Gasteiger partial charge >= 0.3 is 0 Å². The predicted octanol–water partition coefficient (Wildman–Crippen LogP) is 2.33. The van der Waals surface area contributed by atoms with Gasteiger partial charge in [0.25, 0.3) is 0 Å². The molecule has 1 aliphatic rings. The molecular weight excluding hydrogens is 330 g/mol. The van der Waals surface area contributed by atoms with Crippen LogP contribution in [-0.4, -0.2) is 37.9 Å². The quantitative estimate of drug-likeness (QED) is 0.868. The van der Waals surface area contributed by atoms with Crippen LogP contribution in [-0.2, 0) is 16.6 Å². The first-order valence-electron chi connectivity index (χ1n) is 7.76. The Bertz CT molecular complexity index is 694. The summed E-state index contributed by atoms with van der Waals surface area (Å²) in [6.45, 7) is 3.55. The van der Waals surface area contributed by atoms with Crippen molar-refractivity contribution in [2.45, 2.75) is 24.3 Å². The Hall–Kier alpha value is -1.28. The number of nitrogens with one attached hydrogen (secondary N) is 1. The summed E-state index contributed by atoms with van der Waals surface area (Å²) in [5.41, 5.74) is 1.37. The van der Waals surface area contributed by atoms with Crippen LogP contribution in [0.2, 0.25) is 0 Å². The van der Waals surface area contributed by atoms with Crippen molar-refractivity contribution in [1.82, 2.24) is 14.6 Å². The Morgan fingerprint density at radius 3 is 2.78 bits per heavy atom. The number of piperidine rings is 1. The molecule has 0 saturated carbocycles. The first-order valence-corrected chi connectivity index (χ1v) is 10.2. The lowest BCUT2D eigenvalue weighted by Crippen LogP contribution is -2.38. The number of hydrogen-bond donors (Lipinski definition) is 1. The van der Waals surface area contributed by atoms with Gasteiger partial charge in [-0.15, -0.1) is 0 Å². The fourth-order valence-electron chi connectivity index (χ4n) is 2.81. The van der Waals surface area contributed by atoms with Gasteiger partial charge in [0.05, 0.1) is 0 Å². The standard InChI is InChI=1S/C16H21N3O2S2/c20-23(21,16-2-1-6-17-11-16)18-10-14-3-7-19(8-4-14)12-15-5-9-22-13-15/h1-2,5-6,9,11,13-14,18H,3-4,7-8,10,12H2. The van der Waals surface area contributed by atoms with Crippen molar-refractivity contribution in [3.8, 4) is 0 Å². The number of hydrogen-bond acceptors (Lipinski definition) is 5. The van der Waals surface area contributed by atoms with Gasteiger partial charge in [0, 0.05) is 25.5 Å². The summed E-state index contributed by atoms with van der Waals surface area (Å²) in [6, 6.07) is 5.37. The van der Waals surface area contributed by atoms with E-state index in [4.69, 9.17) is 0 Å². The Balaban J connectivity index is 1.46. The van der Waals surface area contributed by atoms with Crippen LogP contribution in [0.1, 0.15) is 18.4 Å². The van der Waals surface area contributed by atoms with Gasteiger partial charge in [-0.1, -0.05) is 0 Å². The largest absolute Gasteiger partial charge is 0.299 e. The van der Waals surface area contributed by atoms with Crippen LogP contribution < -0.4 is 4.72 Å². The number of likely N-dealkylation sites (tertiary alicyclic amines) is 1. The Kier molecular flexibility index (Phi) is 5.42. The molecule has 0 aliphatic carbocycles. The Morgan fingerprint density at radius 2 is 2.13 bits per heavy atom. The molecule has 0 aromatic carbocycles. The summed E-state index contributed by atoms with van der Waals surface area (Å²) in [5, 5.41) is 4.30. The molecule has 0 atom stereocenters. The van der Waals surface area contributed by atoms with Crippen LogP contribution >= 0.6 is 11.3 Å². The van der Waals surface area contributed by atoms with E-state index in [1.807, 2.05) is 0 Å². The summed E-state index contributed by atoms with van der Waals surface area (Å²) in [4.78, 5) is 6.54. The minimum absolute atomic E-state index is 0.231. The monoisotopic (exact) mass is 351 g/mol. The van der Waals surface area contributed by atoms with E-state index in [2.05, 4.69) is 31.4 Å². The minimum Gasteiger partial charge on any atom is -0.299 e. The summed E-state index contributed by atoms with van der Waals surface area (Å²) in [7, 11) is -3.44. The first-order chi connectivity index (χ1) is 11.1. The first kappa shape index (κ1) is 16.6. The molecule has 0 spiro atoms. The van der Waals surface area contributed by atoms with E-state index in [1.165, 1.54) is 11.8 Å². The third-order valence-corrected chi connectivity index (χ3v) is 6.34. The highest BCUT2D eigenvalue weighted by Gasteiger charge is 2.22. The predicted molar refractivity (Wildman–Crippen MR) is 91.7 cm³/mol. The summed E-state index contributed by atoms with van der Waals surface area (Å²) in [6.07, 6.45) is 5.01. The molecule has 3 rings (SSSR count). The number of aromatic nitrogens is 1. The van der Waals surface area contributed by atoms with E-state index in [0.717, 1.165) is 32.5 Å². The Labute approximate surface area is 141 Å². The second-order valence-electron chi connectivity index (χ2n) is 5.89. The zero-order chi connectivity index (χ0) is 16.1. The van der Waals surface area contributed by atoms with Crippen LogP contribution in [0.3, 0.4) is 0 Å². The van der Waals surface area contributed by atoms with Crippen molar-refractivity contribution in [3.63, 3.8) is 0 Å². The SMILES string of the molecule is O=S(=O)(NCC1CCN(Cc2ccsc2)CC1)c1cccnc1. The lowest BCUT2D eigenvalue weighted by molar-refractivity contribution is 0.179. The van der Waals surface area contributed by atoms with E-state index in [9.17, 15) is 8.42 Å². The molecule has 1 saturated heterocycles. The molecule has 23 heavy (non-hydrogen) atoms. The van der Waals surface area contributed by atoms with Crippen molar-refractivity contribution in [3.05, 3.63) is 46.9 Å². The molecule has 0 unspecified atom stereocenters. The molecule has 1 N–H and O–H groups in total. The van der Waals surface area contributed by atoms with E-state index in [1.54, 1.807) is 29.7 Å². The second kappa shape index (κ2) is 7.53. The van der Waals surface area contributed by atoms with Gasteiger partial charge in [-0.05, 0) is 66.4 Å². The topological polar surface area (TPSA) is 62.3 Å². The van der Waals surface area contributed by atoms with Crippen molar-refractivity contribution >= 4 is 21.4 Å². The van der Waals surface area contributed by atoms with Crippen LogP contribution in [0.4, 0.5) is 0 Å². The molecule has 2 aromatic rings. The molecule has 124 valence electrons. The number of sulfonamides is 1. The van der Waals surface area contributed by atoms with Crippen molar-refractivity contribution in [1.29, 1.82) is 0 Å². The van der Waals surface area contributed by atoms with E-state index in [0.29, 0.717) is 12.5 Å².